The van der Waals surface area contributed by atoms with Gasteiger partial charge in [-0.05, 0) is 34.9 Å². The molecule has 0 N–H and O–H groups in total. The second-order valence-corrected chi connectivity index (χ2v) is 8.76. The monoisotopic (exact) mass is 416 g/mol. The average Bonchev–Trinajstić information content (AvgIpc) is 3.39. The maximum atomic E-state index is 5.00. The van der Waals surface area contributed by atoms with E-state index in [1.54, 1.807) is 11.3 Å². The van der Waals surface area contributed by atoms with E-state index in [-0.39, 0.29) is 0 Å². The summed E-state index contributed by atoms with van der Waals surface area (Å²) in [5.74, 6) is 0. The van der Waals surface area contributed by atoms with E-state index >= 15 is 0 Å². The van der Waals surface area contributed by atoms with Gasteiger partial charge >= 0.3 is 0 Å². The minimum atomic E-state index is 1.06. The lowest BCUT2D eigenvalue weighted by Gasteiger charge is -2.09. The van der Waals surface area contributed by atoms with Crippen molar-refractivity contribution in [3.8, 4) is 33.0 Å². The minimum absolute atomic E-state index is 1.06. The summed E-state index contributed by atoms with van der Waals surface area (Å²) in [6, 6.07) is 36.4. The SMILES string of the molecule is Cn1c(-c2ccc(-c3ccccc3)cc2)c(-c2nc3ccccc3s2)c2ccccc21. The predicted molar refractivity (Wildman–Crippen MR) is 132 cm³/mol. The quantitative estimate of drug-likeness (QED) is 0.288. The van der Waals surface area contributed by atoms with E-state index in [1.165, 1.54) is 43.6 Å². The lowest BCUT2D eigenvalue weighted by molar-refractivity contribution is 0.979. The first-order valence-corrected chi connectivity index (χ1v) is 11.2. The van der Waals surface area contributed by atoms with Crippen LogP contribution < -0.4 is 0 Å². The van der Waals surface area contributed by atoms with Crippen LogP contribution in [0.2, 0.25) is 0 Å². The molecule has 2 heterocycles. The van der Waals surface area contributed by atoms with Crippen molar-refractivity contribution in [3.05, 3.63) is 103 Å². The number of aryl methyl sites for hydroxylation is 1. The van der Waals surface area contributed by atoms with Gasteiger partial charge in [-0.3, -0.25) is 0 Å². The van der Waals surface area contributed by atoms with E-state index in [0.29, 0.717) is 0 Å². The Balaban J connectivity index is 1.58. The number of thiazole rings is 1. The molecule has 0 fully saturated rings. The molecule has 0 spiro atoms. The molecule has 0 aliphatic heterocycles. The summed E-state index contributed by atoms with van der Waals surface area (Å²) in [6.07, 6.45) is 0. The third-order valence-electron chi connectivity index (χ3n) is 5.88. The molecule has 0 aliphatic rings. The van der Waals surface area contributed by atoms with Crippen molar-refractivity contribution >= 4 is 32.5 Å². The first kappa shape index (κ1) is 18.1. The average molecular weight is 417 g/mol. The van der Waals surface area contributed by atoms with Crippen molar-refractivity contribution in [3.63, 3.8) is 0 Å². The van der Waals surface area contributed by atoms with Crippen molar-refractivity contribution in [2.75, 3.05) is 0 Å². The van der Waals surface area contributed by atoms with Crippen molar-refractivity contribution < 1.29 is 0 Å². The maximum absolute atomic E-state index is 5.00. The van der Waals surface area contributed by atoms with Crippen LogP contribution in [0.4, 0.5) is 0 Å². The zero-order chi connectivity index (χ0) is 20.8. The van der Waals surface area contributed by atoms with Gasteiger partial charge < -0.3 is 4.57 Å². The van der Waals surface area contributed by atoms with E-state index in [0.717, 1.165) is 10.5 Å². The fraction of sp³-hybridized carbons (Fsp3) is 0.0357. The standard InChI is InChI=1S/C28H20N2S/c1-30-24-13-7-5-11-22(24)26(28-29-23-12-6-8-14-25(23)31-28)27(30)21-17-15-20(16-18-21)19-9-3-2-4-10-19/h2-18H,1H3. The Kier molecular flexibility index (Phi) is 4.22. The molecule has 6 rings (SSSR count). The van der Waals surface area contributed by atoms with E-state index in [4.69, 9.17) is 4.98 Å². The maximum Gasteiger partial charge on any atom is 0.127 e. The number of rotatable bonds is 3. The first-order valence-electron chi connectivity index (χ1n) is 10.4. The number of hydrogen-bond donors (Lipinski definition) is 0. The van der Waals surface area contributed by atoms with Gasteiger partial charge in [-0.15, -0.1) is 11.3 Å². The van der Waals surface area contributed by atoms with Crippen molar-refractivity contribution in [2.45, 2.75) is 0 Å². The highest BCUT2D eigenvalue weighted by Crippen LogP contribution is 2.43. The highest BCUT2D eigenvalue weighted by atomic mass is 32.1. The van der Waals surface area contributed by atoms with Crippen molar-refractivity contribution in [1.82, 2.24) is 9.55 Å². The summed E-state index contributed by atoms with van der Waals surface area (Å²) in [5, 5.41) is 2.31. The Morgan fingerprint density at radius 2 is 1.29 bits per heavy atom. The topological polar surface area (TPSA) is 17.8 Å². The molecule has 31 heavy (non-hydrogen) atoms. The molecule has 0 saturated heterocycles. The fourth-order valence-corrected chi connectivity index (χ4v) is 5.40. The van der Waals surface area contributed by atoms with Gasteiger partial charge in [0.15, 0.2) is 0 Å². The molecule has 148 valence electrons. The van der Waals surface area contributed by atoms with Gasteiger partial charge in [-0.2, -0.15) is 0 Å². The van der Waals surface area contributed by atoms with Crippen LogP contribution in [-0.2, 0) is 7.05 Å². The van der Waals surface area contributed by atoms with Gasteiger partial charge in [0.05, 0.1) is 15.9 Å². The van der Waals surface area contributed by atoms with Crippen LogP contribution >= 0.6 is 11.3 Å². The van der Waals surface area contributed by atoms with Crippen molar-refractivity contribution in [1.29, 1.82) is 0 Å². The predicted octanol–water partition coefficient (Wildman–Crippen LogP) is 7.79. The Hall–Kier alpha value is -3.69. The molecule has 0 unspecified atom stereocenters. The zero-order valence-corrected chi connectivity index (χ0v) is 17.9. The van der Waals surface area contributed by atoms with Gasteiger partial charge in [0.2, 0.25) is 0 Å². The fourth-order valence-electron chi connectivity index (χ4n) is 4.38. The summed E-state index contributed by atoms with van der Waals surface area (Å²) < 4.78 is 3.52. The Morgan fingerprint density at radius 1 is 0.645 bits per heavy atom. The molecule has 3 heteroatoms. The number of benzene rings is 4. The minimum Gasteiger partial charge on any atom is -0.343 e. The molecule has 6 aromatic rings. The molecular weight excluding hydrogens is 396 g/mol. The van der Waals surface area contributed by atoms with Gasteiger partial charge in [0, 0.05) is 23.5 Å². The Morgan fingerprint density at radius 3 is 2.10 bits per heavy atom. The van der Waals surface area contributed by atoms with Gasteiger partial charge in [-0.1, -0.05) is 84.9 Å². The molecule has 0 radical (unpaired) electrons. The summed E-state index contributed by atoms with van der Waals surface area (Å²) >= 11 is 1.76. The molecule has 2 nitrogen and oxygen atoms in total. The van der Waals surface area contributed by atoms with Crippen LogP contribution in [0, 0.1) is 0 Å². The molecule has 4 aromatic carbocycles. The molecule has 0 amide bonds. The van der Waals surface area contributed by atoms with E-state index in [1.807, 2.05) is 0 Å². The van der Waals surface area contributed by atoms with E-state index in [9.17, 15) is 0 Å². The molecule has 0 bridgehead atoms. The van der Waals surface area contributed by atoms with Crippen LogP contribution in [0.1, 0.15) is 0 Å². The molecule has 0 saturated carbocycles. The number of nitrogens with zero attached hydrogens (tertiary/aromatic N) is 2. The van der Waals surface area contributed by atoms with Gasteiger partial charge in [0.25, 0.3) is 0 Å². The number of hydrogen-bond acceptors (Lipinski definition) is 2. The number of aromatic nitrogens is 2. The molecule has 2 aromatic heterocycles. The largest absolute Gasteiger partial charge is 0.343 e. The highest BCUT2D eigenvalue weighted by Gasteiger charge is 2.20. The van der Waals surface area contributed by atoms with Crippen LogP contribution in [0.3, 0.4) is 0 Å². The summed E-state index contributed by atoms with van der Waals surface area (Å²) in [4.78, 5) is 5.00. The number of fused-ring (bicyclic) bond motifs is 2. The summed E-state index contributed by atoms with van der Waals surface area (Å²) in [6.45, 7) is 0. The summed E-state index contributed by atoms with van der Waals surface area (Å²) in [7, 11) is 2.15. The molecular formula is C28H20N2S. The molecule has 0 aliphatic carbocycles. The molecule has 0 atom stereocenters. The third kappa shape index (κ3) is 2.97. The number of para-hydroxylation sites is 2. The lowest BCUT2D eigenvalue weighted by atomic mass is 10.0. The lowest BCUT2D eigenvalue weighted by Crippen LogP contribution is -1.92. The van der Waals surface area contributed by atoms with Crippen molar-refractivity contribution in [2.24, 2.45) is 7.05 Å². The normalized spacial score (nSPS) is 11.4. The Bertz CT molecular complexity index is 1490. The van der Waals surface area contributed by atoms with E-state index < -0.39 is 0 Å². The van der Waals surface area contributed by atoms with E-state index in [2.05, 4.69) is 115 Å². The third-order valence-corrected chi connectivity index (χ3v) is 6.93. The first-order chi connectivity index (χ1) is 15.3. The second-order valence-electron chi connectivity index (χ2n) is 7.73. The highest BCUT2D eigenvalue weighted by molar-refractivity contribution is 7.21. The van der Waals surface area contributed by atoms with Crippen LogP contribution in [0.5, 0.6) is 0 Å². The van der Waals surface area contributed by atoms with Crippen LogP contribution in [0.25, 0.3) is 54.1 Å². The zero-order valence-electron chi connectivity index (χ0n) is 17.1. The Labute approximate surface area is 185 Å². The van der Waals surface area contributed by atoms with Crippen LogP contribution in [-0.4, -0.2) is 9.55 Å². The second kappa shape index (κ2) is 7.22. The van der Waals surface area contributed by atoms with Crippen LogP contribution in [0.15, 0.2) is 103 Å². The smallest absolute Gasteiger partial charge is 0.127 e. The van der Waals surface area contributed by atoms with Gasteiger partial charge in [0.1, 0.15) is 5.01 Å². The van der Waals surface area contributed by atoms with Gasteiger partial charge in [-0.25, -0.2) is 4.98 Å². The summed E-state index contributed by atoms with van der Waals surface area (Å²) in [5.41, 5.74) is 8.36.